The number of fused-ring (bicyclic) bond motifs is 1. The molecule has 0 aromatic heterocycles. The molecular weight excluding hydrogens is 382 g/mol. The number of urea groups is 1. The Labute approximate surface area is 172 Å². The van der Waals surface area contributed by atoms with Crippen LogP contribution in [0.2, 0.25) is 0 Å². The summed E-state index contributed by atoms with van der Waals surface area (Å²) in [6, 6.07) is 2.47. The van der Waals surface area contributed by atoms with Gasteiger partial charge in [-0.25, -0.2) is 4.79 Å². The van der Waals surface area contributed by atoms with Crippen molar-refractivity contribution in [2.45, 2.75) is 37.8 Å². The molecule has 1 aliphatic carbocycles. The van der Waals surface area contributed by atoms with Crippen molar-refractivity contribution in [2.24, 2.45) is 11.8 Å². The molecule has 3 heterocycles. The Balaban J connectivity index is 0.00000225. The number of morpholine rings is 1. The summed E-state index contributed by atoms with van der Waals surface area (Å²) < 4.78 is 5.33. The first-order chi connectivity index (χ1) is 13.2. The highest BCUT2D eigenvalue weighted by atomic mass is 35.5. The molecule has 28 heavy (non-hydrogen) atoms. The third kappa shape index (κ3) is 4.37. The van der Waals surface area contributed by atoms with Crippen molar-refractivity contribution < 1.29 is 14.3 Å². The van der Waals surface area contributed by atoms with Crippen molar-refractivity contribution >= 4 is 24.3 Å². The average molecular weight is 412 g/mol. The molecule has 3 aliphatic heterocycles. The van der Waals surface area contributed by atoms with E-state index in [2.05, 4.69) is 11.4 Å². The molecule has 3 unspecified atom stereocenters. The van der Waals surface area contributed by atoms with E-state index in [0.29, 0.717) is 57.3 Å². The van der Waals surface area contributed by atoms with Gasteiger partial charge >= 0.3 is 6.03 Å². The van der Waals surface area contributed by atoms with Crippen LogP contribution in [0.1, 0.15) is 25.7 Å². The first-order valence-corrected chi connectivity index (χ1v) is 10.2. The number of hydrogen-bond donors (Lipinski definition) is 1. The highest BCUT2D eigenvalue weighted by molar-refractivity contribution is 5.85. The Morgan fingerprint density at radius 1 is 1.07 bits per heavy atom. The normalized spacial score (nSPS) is 32.0. The number of nitrogens with one attached hydrogen (secondary N) is 1. The van der Waals surface area contributed by atoms with Crippen molar-refractivity contribution in [1.82, 2.24) is 20.0 Å². The van der Waals surface area contributed by atoms with Gasteiger partial charge in [0.15, 0.2) is 0 Å². The van der Waals surface area contributed by atoms with Gasteiger partial charge in [-0.2, -0.15) is 5.26 Å². The van der Waals surface area contributed by atoms with Crippen LogP contribution in [-0.4, -0.2) is 91.2 Å². The molecule has 1 saturated carbocycles. The zero-order chi connectivity index (χ0) is 18.8. The summed E-state index contributed by atoms with van der Waals surface area (Å²) >= 11 is 0. The number of carbonyl (C=O) groups excluding carboxylic acids is 2. The third-order valence-electron chi connectivity index (χ3n) is 6.57. The summed E-state index contributed by atoms with van der Waals surface area (Å²) in [7, 11) is 0. The van der Waals surface area contributed by atoms with Crippen molar-refractivity contribution in [2.75, 3.05) is 52.5 Å². The Morgan fingerprint density at radius 3 is 2.39 bits per heavy atom. The zero-order valence-corrected chi connectivity index (χ0v) is 17.0. The van der Waals surface area contributed by atoms with Crippen molar-refractivity contribution in [3.63, 3.8) is 0 Å². The second kappa shape index (κ2) is 9.29. The van der Waals surface area contributed by atoms with E-state index in [1.807, 2.05) is 9.80 Å². The van der Waals surface area contributed by atoms with E-state index >= 15 is 0 Å². The first-order valence-electron chi connectivity index (χ1n) is 10.2. The molecule has 1 N–H and O–H groups in total. The van der Waals surface area contributed by atoms with E-state index in [1.54, 1.807) is 4.90 Å². The van der Waals surface area contributed by atoms with Gasteiger partial charge in [-0.3, -0.25) is 4.79 Å². The fourth-order valence-electron chi connectivity index (χ4n) is 5.11. The largest absolute Gasteiger partial charge is 0.378 e. The van der Waals surface area contributed by atoms with Gasteiger partial charge in [-0.15, -0.1) is 12.4 Å². The van der Waals surface area contributed by atoms with Gasteiger partial charge in [0.1, 0.15) is 6.04 Å². The molecule has 4 fully saturated rings. The van der Waals surface area contributed by atoms with Crippen LogP contribution in [0, 0.1) is 23.2 Å². The summed E-state index contributed by atoms with van der Waals surface area (Å²) in [5.74, 6) is 1.10. The van der Waals surface area contributed by atoms with Gasteiger partial charge in [0.25, 0.3) is 0 Å². The number of ether oxygens (including phenoxy) is 1. The quantitative estimate of drug-likeness (QED) is 0.737. The number of amides is 3. The second-order valence-electron chi connectivity index (χ2n) is 8.23. The van der Waals surface area contributed by atoms with E-state index < -0.39 is 0 Å². The number of hydrogen-bond acceptors (Lipinski definition) is 5. The molecule has 0 radical (unpaired) electrons. The van der Waals surface area contributed by atoms with Gasteiger partial charge < -0.3 is 24.8 Å². The van der Waals surface area contributed by atoms with E-state index in [1.165, 1.54) is 0 Å². The van der Waals surface area contributed by atoms with Gasteiger partial charge in [0.2, 0.25) is 5.91 Å². The van der Waals surface area contributed by atoms with Crippen LogP contribution in [0.5, 0.6) is 0 Å². The molecule has 3 amide bonds. The predicted molar refractivity (Wildman–Crippen MR) is 105 cm³/mol. The number of rotatable bonds is 3. The predicted octanol–water partition coefficient (Wildman–Crippen LogP) is 0.675. The number of nitriles is 1. The van der Waals surface area contributed by atoms with Crippen LogP contribution in [-0.2, 0) is 9.53 Å². The topological polar surface area (TPSA) is 88.9 Å². The molecular formula is C19H30ClN5O3. The summed E-state index contributed by atoms with van der Waals surface area (Å²) in [4.78, 5) is 30.6. The molecule has 0 spiro atoms. The fraction of sp³-hybridized carbons (Fsp3) is 0.842. The van der Waals surface area contributed by atoms with E-state index in [9.17, 15) is 9.59 Å². The molecule has 4 aliphatic rings. The number of halogens is 1. The molecule has 0 aromatic carbocycles. The summed E-state index contributed by atoms with van der Waals surface area (Å²) in [6.07, 6.45) is 3.76. The minimum atomic E-state index is -0.248. The summed E-state index contributed by atoms with van der Waals surface area (Å²) in [5.41, 5.74) is 0. The molecule has 8 nitrogen and oxygen atoms in total. The molecule has 0 bridgehead atoms. The van der Waals surface area contributed by atoms with Gasteiger partial charge in [-0.1, -0.05) is 0 Å². The maximum Gasteiger partial charge on any atom is 0.320 e. The van der Waals surface area contributed by atoms with Crippen LogP contribution in [0.25, 0.3) is 0 Å². The van der Waals surface area contributed by atoms with Crippen molar-refractivity contribution in [3.05, 3.63) is 0 Å². The Morgan fingerprint density at radius 2 is 1.75 bits per heavy atom. The third-order valence-corrected chi connectivity index (χ3v) is 6.57. The summed E-state index contributed by atoms with van der Waals surface area (Å²) in [5, 5.41) is 12.5. The highest BCUT2D eigenvalue weighted by Crippen LogP contribution is 2.38. The minimum absolute atomic E-state index is 0. The van der Waals surface area contributed by atoms with E-state index in [4.69, 9.17) is 10.00 Å². The first kappa shape index (κ1) is 21.2. The Kier molecular flexibility index (Phi) is 7.02. The van der Waals surface area contributed by atoms with Crippen LogP contribution < -0.4 is 5.32 Å². The smallest absolute Gasteiger partial charge is 0.320 e. The molecule has 156 valence electrons. The lowest BCUT2D eigenvalue weighted by Gasteiger charge is -2.31. The maximum atomic E-state index is 12.6. The van der Waals surface area contributed by atoms with Crippen LogP contribution in [0.4, 0.5) is 4.79 Å². The highest BCUT2D eigenvalue weighted by Gasteiger charge is 2.43. The monoisotopic (exact) mass is 411 g/mol. The van der Waals surface area contributed by atoms with Crippen LogP contribution >= 0.6 is 12.4 Å². The van der Waals surface area contributed by atoms with Crippen molar-refractivity contribution in [1.29, 1.82) is 5.26 Å². The molecule has 3 atom stereocenters. The lowest BCUT2D eigenvalue weighted by molar-refractivity contribution is -0.130. The minimum Gasteiger partial charge on any atom is -0.378 e. The summed E-state index contributed by atoms with van der Waals surface area (Å²) in [6.45, 7) is 5.33. The lowest BCUT2D eigenvalue weighted by atomic mass is 10.0. The van der Waals surface area contributed by atoms with Gasteiger partial charge in [0.05, 0.1) is 25.8 Å². The zero-order valence-electron chi connectivity index (χ0n) is 16.2. The van der Waals surface area contributed by atoms with E-state index in [-0.39, 0.29) is 30.4 Å². The number of nitrogens with zero attached hydrogens (tertiary/aromatic N) is 4. The fourth-order valence-corrected chi connectivity index (χ4v) is 5.11. The standard InChI is InChI=1S/C19H29N5O3.ClH/c20-10-17-2-1-3-24(17)18(25)11-21-16-8-14-12-23(13-15(14)9-16)19(26)22-4-6-27-7-5-22;/h14-17,21H,1-9,11-13H2;1H. The molecule has 4 rings (SSSR count). The molecule has 0 aromatic rings. The lowest BCUT2D eigenvalue weighted by Crippen LogP contribution is -2.48. The van der Waals surface area contributed by atoms with Gasteiger partial charge in [-0.05, 0) is 37.5 Å². The van der Waals surface area contributed by atoms with Gasteiger partial charge in [0, 0.05) is 38.8 Å². The van der Waals surface area contributed by atoms with E-state index in [0.717, 1.165) is 38.8 Å². The van der Waals surface area contributed by atoms with Crippen LogP contribution in [0.3, 0.4) is 0 Å². The Hall–Kier alpha value is -1.56. The molecule has 9 heteroatoms. The van der Waals surface area contributed by atoms with Crippen molar-refractivity contribution in [3.8, 4) is 6.07 Å². The van der Waals surface area contributed by atoms with Crippen LogP contribution in [0.15, 0.2) is 0 Å². The Bertz CT molecular complexity index is 607. The maximum absolute atomic E-state index is 12.6. The molecule has 3 saturated heterocycles. The second-order valence-corrected chi connectivity index (χ2v) is 8.23. The number of carbonyl (C=O) groups is 2. The SMILES string of the molecule is Cl.N#CC1CCCN1C(=O)CNC1CC2CN(C(=O)N3CCOCC3)CC2C1. The average Bonchev–Trinajstić information content (AvgIpc) is 3.40. The number of likely N-dealkylation sites (tertiary alicyclic amines) is 2.